The molecule has 2 aromatic heterocycles. The van der Waals surface area contributed by atoms with E-state index >= 15 is 0 Å². The summed E-state index contributed by atoms with van der Waals surface area (Å²) in [6.45, 7) is 7.37. The van der Waals surface area contributed by atoms with Crippen LogP contribution in [0.1, 0.15) is 12.6 Å². The highest BCUT2D eigenvalue weighted by Crippen LogP contribution is 2.28. The molecule has 4 rings (SSSR count). The van der Waals surface area contributed by atoms with Crippen LogP contribution >= 0.6 is 0 Å². The summed E-state index contributed by atoms with van der Waals surface area (Å²) in [5.41, 5.74) is 5.55. The quantitative estimate of drug-likeness (QED) is 0.401. The minimum atomic E-state index is 1.00. The summed E-state index contributed by atoms with van der Waals surface area (Å²) in [6, 6.07) is 25.0. The smallest absolute Gasteiger partial charge is 0.0730 e. The van der Waals surface area contributed by atoms with E-state index in [2.05, 4.69) is 72.8 Å². The van der Waals surface area contributed by atoms with Gasteiger partial charge >= 0.3 is 0 Å². The monoisotopic (exact) mass is 326 g/mol. The van der Waals surface area contributed by atoms with Gasteiger partial charge in [-0.15, -0.1) is 6.58 Å². The molecule has 2 heteroatoms. The number of rotatable bonds is 2. The minimum absolute atomic E-state index is 1.00. The van der Waals surface area contributed by atoms with E-state index in [1.54, 1.807) is 6.08 Å². The zero-order chi connectivity index (χ0) is 17.6. The molecule has 4 aromatic rings. The van der Waals surface area contributed by atoms with Crippen LogP contribution in [0.3, 0.4) is 0 Å². The first kappa shape index (κ1) is 16.7. The van der Waals surface area contributed by atoms with Gasteiger partial charge < -0.3 is 4.57 Å². The first-order valence-corrected chi connectivity index (χ1v) is 8.41. The maximum atomic E-state index is 4.83. The molecule has 0 aliphatic heterocycles. The number of benzene rings is 2. The van der Waals surface area contributed by atoms with Gasteiger partial charge in [0.2, 0.25) is 0 Å². The van der Waals surface area contributed by atoms with E-state index in [1.807, 2.05) is 31.2 Å². The van der Waals surface area contributed by atoms with Gasteiger partial charge in [0.25, 0.3) is 0 Å². The largest absolute Gasteiger partial charge is 0.320 e. The Morgan fingerprint density at radius 2 is 1.60 bits per heavy atom. The highest BCUT2D eigenvalue weighted by Gasteiger charge is 2.09. The van der Waals surface area contributed by atoms with Crippen molar-refractivity contribution in [2.24, 2.45) is 0 Å². The van der Waals surface area contributed by atoms with Gasteiger partial charge in [0, 0.05) is 22.8 Å². The molecule has 0 aliphatic carbocycles. The van der Waals surface area contributed by atoms with Crippen LogP contribution in [0, 0.1) is 6.92 Å². The lowest BCUT2D eigenvalue weighted by Crippen LogP contribution is -1.98. The molecule has 0 radical (unpaired) electrons. The van der Waals surface area contributed by atoms with E-state index in [-0.39, 0.29) is 0 Å². The number of fused-ring (bicyclic) bond motifs is 1. The number of pyridine rings is 1. The van der Waals surface area contributed by atoms with Crippen molar-refractivity contribution in [1.29, 1.82) is 0 Å². The molecule has 0 bridgehead atoms. The normalized spacial score (nSPS) is 10.2. The van der Waals surface area contributed by atoms with Crippen LogP contribution in [0.2, 0.25) is 0 Å². The molecule has 2 heterocycles. The maximum Gasteiger partial charge on any atom is 0.0730 e. The van der Waals surface area contributed by atoms with Crippen molar-refractivity contribution in [2.45, 2.75) is 13.8 Å². The first-order valence-electron chi connectivity index (χ1n) is 8.41. The van der Waals surface area contributed by atoms with E-state index in [9.17, 15) is 0 Å². The van der Waals surface area contributed by atoms with Crippen molar-refractivity contribution in [1.82, 2.24) is 9.55 Å². The summed E-state index contributed by atoms with van der Waals surface area (Å²) in [4.78, 5) is 4.83. The van der Waals surface area contributed by atoms with Gasteiger partial charge in [-0.3, -0.25) is 0 Å². The van der Waals surface area contributed by atoms with Crippen LogP contribution in [-0.2, 0) is 0 Å². The Morgan fingerprint density at radius 3 is 2.28 bits per heavy atom. The molecular formula is C23H22N2. The molecule has 0 saturated carbocycles. The Bertz CT molecular complexity index is 981. The van der Waals surface area contributed by atoms with Gasteiger partial charge in [0.05, 0.1) is 16.9 Å². The fourth-order valence-corrected chi connectivity index (χ4v) is 2.85. The first-order chi connectivity index (χ1) is 12.2. The topological polar surface area (TPSA) is 17.8 Å². The van der Waals surface area contributed by atoms with Crippen molar-refractivity contribution in [2.75, 3.05) is 0 Å². The number of hydrogen-bond donors (Lipinski definition) is 0. The Balaban J connectivity index is 0.000000569. The third-order valence-corrected chi connectivity index (χ3v) is 3.98. The van der Waals surface area contributed by atoms with Gasteiger partial charge in [-0.05, 0) is 38.1 Å². The van der Waals surface area contributed by atoms with Crippen LogP contribution < -0.4 is 0 Å². The number of aryl methyl sites for hydroxylation is 1. The van der Waals surface area contributed by atoms with Crippen LogP contribution in [0.5, 0.6) is 0 Å². The van der Waals surface area contributed by atoms with Crippen molar-refractivity contribution in [3.8, 4) is 16.9 Å². The van der Waals surface area contributed by atoms with E-state index in [1.165, 1.54) is 16.8 Å². The lowest BCUT2D eigenvalue weighted by molar-refractivity contribution is 1.02. The van der Waals surface area contributed by atoms with E-state index in [4.69, 9.17) is 4.98 Å². The summed E-state index contributed by atoms with van der Waals surface area (Å²) in [6.07, 6.45) is 3.85. The van der Waals surface area contributed by atoms with Crippen molar-refractivity contribution in [3.63, 3.8) is 0 Å². The molecule has 0 aliphatic rings. The van der Waals surface area contributed by atoms with Crippen LogP contribution in [0.25, 0.3) is 27.8 Å². The Hall–Kier alpha value is -3.13. The fraction of sp³-hybridized carbons (Fsp3) is 0.0870. The van der Waals surface area contributed by atoms with Gasteiger partial charge in [0.1, 0.15) is 0 Å². The van der Waals surface area contributed by atoms with E-state index < -0.39 is 0 Å². The molecule has 0 amide bonds. The predicted molar refractivity (Wildman–Crippen MR) is 107 cm³/mol. The van der Waals surface area contributed by atoms with Gasteiger partial charge in [-0.2, -0.15) is 0 Å². The summed E-state index contributed by atoms with van der Waals surface area (Å²) < 4.78 is 2.22. The number of para-hydroxylation sites is 1. The molecular weight excluding hydrogens is 304 g/mol. The second kappa shape index (κ2) is 7.63. The van der Waals surface area contributed by atoms with Crippen molar-refractivity contribution in [3.05, 3.63) is 97.3 Å². The Labute approximate surface area is 149 Å². The minimum Gasteiger partial charge on any atom is -0.320 e. The fourth-order valence-electron chi connectivity index (χ4n) is 2.85. The molecule has 0 atom stereocenters. The van der Waals surface area contributed by atoms with Crippen molar-refractivity contribution >= 4 is 10.9 Å². The molecule has 0 unspecified atom stereocenters. The molecule has 0 fully saturated rings. The van der Waals surface area contributed by atoms with Crippen LogP contribution in [0.4, 0.5) is 0 Å². The molecule has 124 valence electrons. The summed E-state index contributed by atoms with van der Waals surface area (Å²) >= 11 is 0. The van der Waals surface area contributed by atoms with Gasteiger partial charge in [0.15, 0.2) is 0 Å². The van der Waals surface area contributed by atoms with Crippen molar-refractivity contribution < 1.29 is 0 Å². The highest BCUT2D eigenvalue weighted by molar-refractivity contribution is 5.90. The molecule has 2 aromatic carbocycles. The maximum absolute atomic E-state index is 4.83. The van der Waals surface area contributed by atoms with Crippen LogP contribution in [-0.4, -0.2) is 9.55 Å². The third kappa shape index (κ3) is 3.53. The summed E-state index contributed by atoms with van der Waals surface area (Å²) in [5.74, 6) is 0. The predicted octanol–water partition coefficient (Wildman–Crippen LogP) is 6.19. The summed E-state index contributed by atoms with van der Waals surface area (Å²) in [7, 11) is 0. The third-order valence-electron chi connectivity index (χ3n) is 3.98. The molecule has 0 N–H and O–H groups in total. The Kier molecular flexibility index (Phi) is 5.10. The molecule has 25 heavy (non-hydrogen) atoms. The highest BCUT2D eigenvalue weighted by atomic mass is 15.0. The molecule has 0 spiro atoms. The molecule has 0 saturated heterocycles. The lowest BCUT2D eigenvalue weighted by Gasteiger charge is -2.12. The standard InChI is InChI=1S/C20H16N2.C3H6/c1-15-8-7-13-22(15)20-14-19(16-9-3-2-4-10-16)21-18-12-6-5-11-17(18)20;1-3-2/h2-14H,1H3;3H,1H2,2H3. The van der Waals surface area contributed by atoms with Gasteiger partial charge in [-0.1, -0.05) is 54.6 Å². The lowest BCUT2D eigenvalue weighted by atomic mass is 10.1. The van der Waals surface area contributed by atoms with Crippen LogP contribution in [0.15, 0.2) is 91.6 Å². The average Bonchev–Trinajstić information content (AvgIpc) is 3.08. The number of aromatic nitrogens is 2. The van der Waals surface area contributed by atoms with Gasteiger partial charge in [-0.25, -0.2) is 4.98 Å². The number of allylic oxidation sites excluding steroid dienone is 1. The average molecular weight is 326 g/mol. The second-order valence-electron chi connectivity index (χ2n) is 5.84. The number of nitrogens with zero attached hydrogens (tertiary/aromatic N) is 2. The number of hydrogen-bond acceptors (Lipinski definition) is 1. The second-order valence-corrected chi connectivity index (χ2v) is 5.84. The summed E-state index contributed by atoms with van der Waals surface area (Å²) in [5, 5.41) is 1.17. The zero-order valence-electron chi connectivity index (χ0n) is 14.7. The molecule has 2 nitrogen and oxygen atoms in total. The van der Waals surface area contributed by atoms with E-state index in [0.717, 1.165) is 16.8 Å². The zero-order valence-corrected chi connectivity index (χ0v) is 14.7. The Morgan fingerprint density at radius 1 is 0.920 bits per heavy atom. The van der Waals surface area contributed by atoms with E-state index in [0.29, 0.717) is 0 Å². The SMILES string of the molecule is C=CC.Cc1cccn1-c1cc(-c2ccccc2)nc2ccccc12.